The van der Waals surface area contributed by atoms with Crippen LogP contribution in [0.2, 0.25) is 5.02 Å². The molecule has 3 rings (SSSR count). The Morgan fingerprint density at radius 1 is 1.24 bits per heavy atom. The van der Waals surface area contributed by atoms with Gasteiger partial charge in [-0.05, 0) is 36.4 Å². The summed E-state index contributed by atoms with van der Waals surface area (Å²) in [6.07, 6.45) is -4.07. The largest absolute Gasteiger partial charge is 0.418 e. The number of benzene rings is 2. The summed E-state index contributed by atoms with van der Waals surface area (Å²) in [7, 11) is 1.40. The molecule has 1 aliphatic heterocycles. The second-order valence-electron chi connectivity index (χ2n) is 6.29. The number of nitrogens with zero attached hydrogens (tertiary/aromatic N) is 3. The number of rotatable bonds is 4. The van der Waals surface area contributed by atoms with Crippen molar-refractivity contribution in [3.63, 3.8) is 0 Å². The fourth-order valence-electron chi connectivity index (χ4n) is 3.07. The van der Waals surface area contributed by atoms with E-state index < -0.39 is 11.7 Å². The van der Waals surface area contributed by atoms with Crippen molar-refractivity contribution in [1.82, 2.24) is 5.48 Å². The first-order valence-electron chi connectivity index (χ1n) is 8.61. The second-order valence-corrected chi connectivity index (χ2v) is 6.73. The Kier molecular flexibility index (Phi) is 6.29. The van der Waals surface area contributed by atoms with Crippen LogP contribution in [0.1, 0.15) is 17.5 Å². The summed E-state index contributed by atoms with van der Waals surface area (Å²) >= 11 is 5.91. The van der Waals surface area contributed by atoms with Gasteiger partial charge in [-0.25, -0.2) is 4.99 Å². The summed E-state index contributed by atoms with van der Waals surface area (Å²) in [5, 5.41) is 13.7. The third-order valence-corrected chi connectivity index (χ3v) is 4.57. The van der Waals surface area contributed by atoms with Gasteiger partial charge in [-0.2, -0.15) is 13.2 Å². The van der Waals surface area contributed by atoms with Gasteiger partial charge in [0.1, 0.15) is 7.11 Å². The van der Waals surface area contributed by atoms with Gasteiger partial charge in [-0.3, -0.25) is 10.7 Å². The number of anilines is 1. The molecule has 2 N–H and O–H groups in total. The Morgan fingerprint density at radius 3 is 2.69 bits per heavy atom. The topological polar surface area (TPSA) is 69.5 Å². The van der Waals surface area contributed by atoms with Crippen molar-refractivity contribution >= 4 is 34.5 Å². The Bertz CT molecular complexity index is 947. The number of hydroxylamine groups is 1. The fraction of sp³-hybridized carbons (Fsp3) is 0.263. The third-order valence-electron chi connectivity index (χ3n) is 4.34. The normalized spacial score (nSPS) is 16.4. The van der Waals surface area contributed by atoms with Crippen LogP contribution in [0.5, 0.6) is 0 Å². The molecule has 0 aromatic heterocycles. The van der Waals surface area contributed by atoms with Gasteiger partial charge in [0.25, 0.3) is 0 Å². The molecule has 1 heterocycles. The SMILES string of the molecule is CON=C1CCN(c2ccc(C(=Nc3cccc(Cl)c3)NO)cc2C(F)(F)F)C1. The quantitative estimate of drug-likeness (QED) is 0.425. The number of aliphatic imine (C=N–C) groups is 1. The van der Waals surface area contributed by atoms with Gasteiger partial charge in [0.2, 0.25) is 0 Å². The zero-order valence-corrected chi connectivity index (χ0v) is 16.1. The predicted molar refractivity (Wildman–Crippen MR) is 105 cm³/mol. The maximum Gasteiger partial charge on any atom is 0.418 e. The maximum absolute atomic E-state index is 13.8. The minimum atomic E-state index is -4.59. The van der Waals surface area contributed by atoms with Gasteiger partial charge in [0.05, 0.1) is 23.5 Å². The average molecular weight is 427 g/mol. The van der Waals surface area contributed by atoms with E-state index in [1.54, 1.807) is 23.1 Å². The third kappa shape index (κ3) is 4.99. The van der Waals surface area contributed by atoms with Crippen molar-refractivity contribution in [3.05, 3.63) is 58.6 Å². The van der Waals surface area contributed by atoms with E-state index in [4.69, 9.17) is 16.4 Å². The van der Waals surface area contributed by atoms with Crippen LogP contribution in [0.15, 0.2) is 52.6 Å². The van der Waals surface area contributed by atoms with E-state index in [9.17, 15) is 18.4 Å². The van der Waals surface area contributed by atoms with Crippen LogP contribution in [0.4, 0.5) is 24.5 Å². The Hall–Kier alpha value is -2.78. The Labute approximate surface area is 170 Å². The van der Waals surface area contributed by atoms with Crippen LogP contribution in [0.25, 0.3) is 0 Å². The van der Waals surface area contributed by atoms with Crippen LogP contribution in [0.3, 0.4) is 0 Å². The van der Waals surface area contributed by atoms with Gasteiger partial charge < -0.3 is 9.74 Å². The van der Waals surface area contributed by atoms with Crippen molar-refractivity contribution in [3.8, 4) is 0 Å². The van der Waals surface area contributed by atoms with E-state index in [1.165, 1.54) is 25.3 Å². The molecular weight excluding hydrogens is 409 g/mol. The van der Waals surface area contributed by atoms with E-state index in [1.807, 2.05) is 5.48 Å². The van der Waals surface area contributed by atoms with Crippen molar-refractivity contribution < 1.29 is 23.2 Å². The Balaban J connectivity index is 2.00. The van der Waals surface area contributed by atoms with Crippen LogP contribution in [0, 0.1) is 0 Å². The number of amidine groups is 1. The molecule has 0 bridgehead atoms. The number of nitrogens with one attached hydrogen (secondary N) is 1. The van der Waals surface area contributed by atoms with Crippen LogP contribution in [-0.4, -0.2) is 37.0 Å². The van der Waals surface area contributed by atoms with Gasteiger partial charge in [0.15, 0.2) is 5.84 Å². The molecular formula is C19H18ClF3N4O2. The van der Waals surface area contributed by atoms with Crippen molar-refractivity contribution in [2.75, 3.05) is 25.1 Å². The highest BCUT2D eigenvalue weighted by Crippen LogP contribution is 2.38. The van der Waals surface area contributed by atoms with Gasteiger partial charge in [-0.1, -0.05) is 22.8 Å². The minimum absolute atomic E-state index is 0.0302. The van der Waals surface area contributed by atoms with Crippen LogP contribution >= 0.6 is 11.6 Å². The molecule has 154 valence electrons. The lowest BCUT2D eigenvalue weighted by Gasteiger charge is -2.23. The fourth-order valence-corrected chi connectivity index (χ4v) is 3.25. The molecule has 2 aromatic carbocycles. The number of alkyl halides is 3. The second kappa shape index (κ2) is 8.71. The van der Waals surface area contributed by atoms with E-state index in [0.29, 0.717) is 29.4 Å². The standard InChI is InChI=1S/C19H18ClF3N4O2/c1-29-26-15-7-8-27(11-15)17-6-5-12(9-16(17)19(21,22)23)18(25-28)24-14-4-2-3-13(20)10-14/h2-6,9-10,28H,7-8,11H2,1H3,(H,24,25). The molecule has 0 saturated carbocycles. The highest BCUT2D eigenvalue weighted by Gasteiger charge is 2.36. The van der Waals surface area contributed by atoms with Crippen molar-refractivity contribution in [2.45, 2.75) is 12.6 Å². The molecule has 0 aliphatic carbocycles. The van der Waals surface area contributed by atoms with Crippen LogP contribution < -0.4 is 10.4 Å². The molecule has 0 atom stereocenters. The molecule has 1 fully saturated rings. The number of oxime groups is 1. The van der Waals surface area contributed by atoms with E-state index in [0.717, 1.165) is 6.07 Å². The first-order chi connectivity index (χ1) is 13.8. The summed E-state index contributed by atoms with van der Waals surface area (Å²) in [4.78, 5) is 10.5. The molecule has 10 heteroatoms. The number of hydrogen-bond donors (Lipinski definition) is 2. The van der Waals surface area contributed by atoms with E-state index >= 15 is 0 Å². The lowest BCUT2D eigenvalue weighted by Crippen LogP contribution is -2.25. The molecule has 0 unspecified atom stereocenters. The maximum atomic E-state index is 13.8. The van der Waals surface area contributed by atoms with Gasteiger partial charge in [0, 0.05) is 29.2 Å². The zero-order valence-electron chi connectivity index (χ0n) is 15.4. The Morgan fingerprint density at radius 2 is 2.03 bits per heavy atom. The van der Waals surface area contributed by atoms with Gasteiger partial charge >= 0.3 is 6.18 Å². The molecule has 0 radical (unpaired) electrons. The first kappa shape index (κ1) is 20.9. The summed E-state index contributed by atoms with van der Waals surface area (Å²) in [6, 6.07) is 10.2. The molecule has 0 amide bonds. The predicted octanol–water partition coefficient (Wildman–Crippen LogP) is 4.63. The van der Waals surface area contributed by atoms with Gasteiger partial charge in [-0.15, -0.1) is 0 Å². The molecule has 1 saturated heterocycles. The lowest BCUT2D eigenvalue weighted by molar-refractivity contribution is -0.137. The number of hydrogen-bond acceptors (Lipinski definition) is 5. The molecule has 29 heavy (non-hydrogen) atoms. The van der Waals surface area contributed by atoms with E-state index in [-0.39, 0.29) is 23.6 Å². The summed E-state index contributed by atoms with van der Waals surface area (Å²) in [6.45, 7) is 0.643. The smallest absolute Gasteiger partial charge is 0.399 e. The first-order valence-corrected chi connectivity index (χ1v) is 8.99. The van der Waals surface area contributed by atoms with Crippen molar-refractivity contribution in [2.24, 2.45) is 10.1 Å². The molecule has 6 nitrogen and oxygen atoms in total. The average Bonchev–Trinajstić information content (AvgIpc) is 3.14. The number of halogens is 4. The summed E-state index contributed by atoms with van der Waals surface area (Å²) in [5.74, 6) is -0.132. The minimum Gasteiger partial charge on any atom is -0.399 e. The zero-order chi connectivity index (χ0) is 21.0. The molecule has 2 aromatic rings. The molecule has 1 aliphatic rings. The van der Waals surface area contributed by atoms with Crippen LogP contribution in [-0.2, 0) is 11.0 Å². The van der Waals surface area contributed by atoms with E-state index in [2.05, 4.69) is 10.1 Å². The summed E-state index contributed by atoms with van der Waals surface area (Å²) < 4.78 is 41.3. The highest BCUT2D eigenvalue weighted by atomic mass is 35.5. The molecule has 0 spiro atoms. The lowest BCUT2D eigenvalue weighted by atomic mass is 10.1. The monoisotopic (exact) mass is 426 g/mol. The van der Waals surface area contributed by atoms with Crippen molar-refractivity contribution in [1.29, 1.82) is 0 Å². The highest BCUT2D eigenvalue weighted by molar-refractivity contribution is 6.30. The summed E-state index contributed by atoms with van der Waals surface area (Å²) in [5.41, 5.74) is 2.20.